The zero-order valence-corrected chi connectivity index (χ0v) is 9.39. The Morgan fingerprint density at radius 2 is 2.27 bits per heavy atom. The molecule has 4 heteroatoms. The Balaban J connectivity index is 2.78. The first-order chi connectivity index (χ1) is 7.19. The van der Waals surface area contributed by atoms with E-state index >= 15 is 0 Å². The lowest BCUT2D eigenvalue weighted by Crippen LogP contribution is -2.25. The molecule has 0 bridgehead atoms. The lowest BCUT2D eigenvalue weighted by atomic mass is 10.1. The topological polar surface area (TPSA) is 32.3 Å². The highest BCUT2D eigenvalue weighted by atomic mass is 35.5. The van der Waals surface area contributed by atoms with E-state index in [1.54, 1.807) is 12.1 Å². The van der Waals surface area contributed by atoms with Gasteiger partial charge in [-0.1, -0.05) is 24.6 Å². The molecule has 0 saturated heterocycles. The molecule has 0 fully saturated rings. The van der Waals surface area contributed by atoms with Crippen LogP contribution in [0, 0.1) is 5.82 Å². The van der Waals surface area contributed by atoms with E-state index in [-0.39, 0.29) is 17.7 Å². The van der Waals surface area contributed by atoms with Gasteiger partial charge in [0.1, 0.15) is 5.82 Å². The first-order valence-electron chi connectivity index (χ1n) is 4.98. The van der Waals surface area contributed by atoms with E-state index in [1.807, 2.05) is 6.92 Å². The van der Waals surface area contributed by atoms with Gasteiger partial charge in [0, 0.05) is 0 Å². The van der Waals surface area contributed by atoms with E-state index in [0.717, 1.165) is 18.5 Å². The molecule has 1 aromatic rings. The van der Waals surface area contributed by atoms with Crippen LogP contribution in [0.2, 0.25) is 5.02 Å². The van der Waals surface area contributed by atoms with E-state index in [4.69, 9.17) is 16.7 Å². The van der Waals surface area contributed by atoms with Crippen molar-refractivity contribution in [1.82, 2.24) is 5.32 Å². The summed E-state index contributed by atoms with van der Waals surface area (Å²) in [5.41, 5.74) is 0.803. The minimum Gasteiger partial charge on any atom is -0.394 e. The van der Waals surface area contributed by atoms with Gasteiger partial charge in [0.2, 0.25) is 0 Å². The summed E-state index contributed by atoms with van der Waals surface area (Å²) in [4.78, 5) is 0. The molecule has 1 rings (SSSR count). The maximum Gasteiger partial charge on any atom is 0.141 e. The third-order valence-electron chi connectivity index (χ3n) is 2.17. The van der Waals surface area contributed by atoms with Crippen molar-refractivity contribution < 1.29 is 9.50 Å². The van der Waals surface area contributed by atoms with Gasteiger partial charge in [-0.15, -0.1) is 0 Å². The van der Waals surface area contributed by atoms with Crippen molar-refractivity contribution in [1.29, 1.82) is 0 Å². The average molecular weight is 232 g/mol. The Bertz CT molecular complexity index is 319. The van der Waals surface area contributed by atoms with Crippen LogP contribution in [0.3, 0.4) is 0 Å². The van der Waals surface area contributed by atoms with Crippen LogP contribution in [-0.2, 0) is 0 Å². The maximum atomic E-state index is 12.9. The van der Waals surface area contributed by atoms with Gasteiger partial charge in [0.25, 0.3) is 0 Å². The van der Waals surface area contributed by atoms with Gasteiger partial charge < -0.3 is 10.4 Å². The highest BCUT2D eigenvalue weighted by Crippen LogP contribution is 2.20. The van der Waals surface area contributed by atoms with Gasteiger partial charge in [-0.05, 0) is 30.7 Å². The molecule has 0 heterocycles. The highest BCUT2D eigenvalue weighted by Gasteiger charge is 2.10. The molecule has 1 atom stereocenters. The van der Waals surface area contributed by atoms with E-state index < -0.39 is 5.82 Å². The lowest BCUT2D eigenvalue weighted by molar-refractivity contribution is 0.245. The fourth-order valence-electron chi connectivity index (χ4n) is 1.34. The third-order valence-corrected chi connectivity index (χ3v) is 2.46. The van der Waals surface area contributed by atoms with Gasteiger partial charge in [0.05, 0.1) is 17.7 Å². The fraction of sp³-hybridized carbons (Fsp3) is 0.455. The van der Waals surface area contributed by atoms with Crippen LogP contribution in [0.25, 0.3) is 0 Å². The van der Waals surface area contributed by atoms with Crippen molar-refractivity contribution in [3.05, 3.63) is 34.6 Å². The van der Waals surface area contributed by atoms with Crippen LogP contribution in [0.15, 0.2) is 18.2 Å². The molecule has 0 saturated carbocycles. The van der Waals surface area contributed by atoms with E-state index in [2.05, 4.69) is 5.32 Å². The molecule has 2 nitrogen and oxygen atoms in total. The second-order valence-electron chi connectivity index (χ2n) is 3.36. The first kappa shape index (κ1) is 12.4. The number of hydrogen-bond acceptors (Lipinski definition) is 2. The molecule has 1 unspecified atom stereocenters. The van der Waals surface area contributed by atoms with Gasteiger partial charge >= 0.3 is 0 Å². The summed E-state index contributed by atoms with van der Waals surface area (Å²) in [6.07, 6.45) is 0.978. The molecular formula is C11H15ClFNO. The smallest absolute Gasteiger partial charge is 0.141 e. The zero-order chi connectivity index (χ0) is 11.3. The number of aliphatic hydroxyl groups is 1. The van der Waals surface area contributed by atoms with Crippen LogP contribution in [0.4, 0.5) is 4.39 Å². The maximum absolute atomic E-state index is 12.9. The fourth-order valence-corrected chi connectivity index (χ4v) is 1.52. The highest BCUT2D eigenvalue weighted by molar-refractivity contribution is 6.30. The normalized spacial score (nSPS) is 12.8. The first-order valence-corrected chi connectivity index (χ1v) is 5.36. The number of nitrogens with one attached hydrogen (secondary N) is 1. The van der Waals surface area contributed by atoms with E-state index in [1.165, 1.54) is 6.07 Å². The summed E-state index contributed by atoms with van der Waals surface area (Å²) in [6.45, 7) is 2.82. The summed E-state index contributed by atoms with van der Waals surface area (Å²) in [6, 6.07) is 4.31. The van der Waals surface area contributed by atoms with Crippen LogP contribution in [0.5, 0.6) is 0 Å². The van der Waals surface area contributed by atoms with Gasteiger partial charge in [-0.2, -0.15) is 0 Å². The Hall–Kier alpha value is -0.640. The molecular weight excluding hydrogens is 217 g/mol. The van der Waals surface area contributed by atoms with Crippen LogP contribution in [-0.4, -0.2) is 18.3 Å². The third kappa shape index (κ3) is 3.45. The van der Waals surface area contributed by atoms with Crippen molar-refractivity contribution in [3.8, 4) is 0 Å². The SMILES string of the molecule is CCCNC(CO)c1ccc(F)c(Cl)c1. The van der Waals surface area contributed by atoms with Crippen molar-refractivity contribution in [2.45, 2.75) is 19.4 Å². The van der Waals surface area contributed by atoms with Crippen LogP contribution in [0.1, 0.15) is 24.9 Å². The van der Waals surface area contributed by atoms with E-state index in [9.17, 15) is 4.39 Å². The number of halogens is 2. The summed E-state index contributed by atoms with van der Waals surface area (Å²) >= 11 is 5.66. The molecule has 0 aliphatic rings. The van der Waals surface area contributed by atoms with Crippen molar-refractivity contribution in [2.24, 2.45) is 0 Å². The predicted octanol–water partition coefficient (Wildman–Crippen LogP) is 2.51. The number of hydrogen-bond donors (Lipinski definition) is 2. The summed E-state index contributed by atoms with van der Waals surface area (Å²) in [5, 5.41) is 12.4. The Morgan fingerprint density at radius 1 is 1.53 bits per heavy atom. The van der Waals surface area contributed by atoms with Gasteiger partial charge in [0.15, 0.2) is 0 Å². The quantitative estimate of drug-likeness (QED) is 0.816. The van der Waals surface area contributed by atoms with Crippen LogP contribution >= 0.6 is 11.6 Å². The average Bonchev–Trinajstić information content (AvgIpc) is 2.24. The second kappa shape index (κ2) is 6.05. The number of rotatable bonds is 5. The molecule has 0 aromatic heterocycles. The lowest BCUT2D eigenvalue weighted by Gasteiger charge is -2.16. The number of aliphatic hydroxyl groups excluding tert-OH is 1. The molecule has 0 aliphatic carbocycles. The molecule has 2 N–H and O–H groups in total. The standard InChI is InChI=1S/C11H15ClFNO/c1-2-5-14-11(7-15)8-3-4-10(13)9(12)6-8/h3-4,6,11,14-15H,2,5,7H2,1H3. The molecule has 84 valence electrons. The van der Waals surface area contributed by atoms with Crippen LogP contribution < -0.4 is 5.32 Å². The second-order valence-corrected chi connectivity index (χ2v) is 3.77. The Morgan fingerprint density at radius 3 is 2.80 bits per heavy atom. The van der Waals surface area contributed by atoms with Crippen molar-refractivity contribution in [3.63, 3.8) is 0 Å². The monoisotopic (exact) mass is 231 g/mol. The Labute approximate surface area is 94.1 Å². The summed E-state index contributed by atoms with van der Waals surface area (Å²) in [5.74, 6) is -0.437. The zero-order valence-electron chi connectivity index (χ0n) is 8.63. The molecule has 0 radical (unpaired) electrons. The van der Waals surface area contributed by atoms with Crippen molar-refractivity contribution >= 4 is 11.6 Å². The molecule has 1 aromatic carbocycles. The summed E-state index contributed by atoms with van der Waals surface area (Å²) in [7, 11) is 0. The molecule has 0 spiro atoms. The largest absolute Gasteiger partial charge is 0.394 e. The van der Waals surface area contributed by atoms with E-state index in [0.29, 0.717) is 0 Å². The van der Waals surface area contributed by atoms with Gasteiger partial charge in [-0.25, -0.2) is 4.39 Å². The Kier molecular flexibility index (Phi) is 5.02. The number of benzene rings is 1. The minimum absolute atomic E-state index is 0.0258. The molecule has 0 amide bonds. The van der Waals surface area contributed by atoms with Crippen molar-refractivity contribution in [2.75, 3.05) is 13.2 Å². The predicted molar refractivity (Wildman–Crippen MR) is 59.5 cm³/mol. The summed E-state index contributed by atoms with van der Waals surface area (Å²) < 4.78 is 12.9. The molecule has 0 aliphatic heterocycles. The minimum atomic E-state index is -0.437. The van der Waals surface area contributed by atoms with Gasteiger partial charge in [-0.3, -0.25) is 0 Å². The molecule has 15 heavy (non-hydrogen) atoms.